The number of nitrogens with zero attached hydrogens (tertiary/aromatic N) is 1. The molecule has 0 aromatic heterocycles. The molecule has 0 radical (unpaired) electrons. The van der Waals surface area contributed by atoms with Gasteiger partial charge in [0.25, 0.3) is 11.8 Å². The van der Waals surface area contributed by atoms with E-state index in [0.29, 0.717) is 44.5 Å². The van der Waals surface area contributed by atoms with Crippen LogP contribution in [0.5, 0.6) is 5.75 Å². The number of methoxy groups -OCH3 is 1. The summed E-state index contributed by atoms with van der Waals surface area (Å²) >= 11 is 0. The van der Waals surface area contributed by atoms with Crippen molar-refractivity contribution in [3.63, 3.8) is 0 Å². The van der Waals surface area contributed by atoms with E-state index in [9.17, 15) is 14.4 Å². The van der Waals surface area contributed by atoms with E-state index in [1.807, 2.05) is 6.07 Å². The third-order valence-electron chi connectivity index (χ3n) is 5.52. The Hall–Kier alpha value is -4.25. The lowest BCUT2D eigenvalue weighted by Crippen LogP contribution is -2.40. The molecule has 1 aliphatic rings. The molecule has 4 aromatic carbocycles. The first-order chi connectivity index (χ1) is 15.1. The normalized spacial score (nSPS) is 12.9. The topological polar surface area (TPSA) is 63.7 Å². The van der Waals surface area contributed by atoms with Crippen LogP contribution in [0, 0.1) is 0 Å². The Morgan fingerprint density at radius 1 is 0.742 bits per heavy atom. The first-order valence-electron chi connectivity index (χ1n) is 9.78. The SMILES string of the molecule is COc1ccc(N2C(=O)c3cccc4c(C(=O)c5ccccc5)ccc(c34)C2=O)cc1. The van der Waals surface area contributed by atoms with Gasteiger partial charge in [0, 0.05) is 27.6 Å². The number of benzene rings is 4. The van der Waals surface area contributed by atoms with E-state index >= 15 is 0 Å². The summed E-state index contributed by atoms with van der Waals surface area (Å²) < 4.78 is 5.16. The van der Waals surface area contributed by atoms with Gasteiger partial charge in [-0.1, -0.05) is 42.5 Å². The number of imide groups is 1. The van der Waals surface area contributed by atoms with E-state index in [4.69, 9.17) is 4.74 Å². The Bertz CT molecular complexity index is 1340. The monoisotopic (exact) mass is 407 g/mol. The van der Waals surface area contributed by atoms with Gasteiger partial charge in [-0.15, -0.1) is 0 Å². The number of carbonyl (C=O) groups excluding carboxylic acids is 3. The van der Waals surface area contributed by atoms with Crippen LogP contribution in [0.3, 0.4) is 0 Å². The minimum absolute atomic E-state index is 0.151. The van der Waals surface area contributed by atoms with Crippen molar-refractivity contribution >= 4 is 34.1 Å². The van der Waals surface area contributed by atoms with Gasteiger partial charge in [0.15, 0.2) is 5.78 Å². The molecule has 0 unspecified atom stereocenters. The van der Waals surface area contributed by atoms with Crippen LogP contribution in [0.4, 0.5) is 5.69 Å². The molecule has 5 heteroatoms. The molecule has 150 valence electrons. The summed E-state index contributed by atoms with van der Waals surface area (Å²) in [6, 6.07) is 24.2. The number of rotatable bonds is 4. The molecule has 2 amide bonds. The summed E-state index contributed by atoms with van der Waals surface area (Å²) in [6.07, 6.45) is 0. The van der Waals surface area contributed by atoms with Crippen LogP contribution in [0.1, 0.15) is 36.6 Å². The van der Waals surface area contributed by atoms with Crippen LogP contribution in [-0.4, -0.2) is 24.7 Å². The van der Waals surface area contributed by atoms with Gasteiger partial charge < -0.3 is 4.74 Å². The molecule has 0 fully saturated rings. The molecule has 0 bridgehead atoms. The van der Waals surface area contributed by atoms with Gasteiger partial charge in [0.05, 0.1) is 12.8 Å². The van der Waals surface area contributed by atoms with E-state index in [1.54, 1.807) is 86.0 Å². The van der Waals surface area contributed by atoms with Gasteiger partial charge in [-0.2, -0.15) is 0 Å². The van der Waals surface area contributed by atoms with Gasteiger partial charge >= 0.3 is 0 Å². The molecular weight excluding hydrogens is 390 g/mol. The highest BCUT2D eigenvalue weighted by atomic mass is 16.5. The maximum absolute atomic E-state index is 13.3. The lowest BCUT2D eigenvalue weighted by Gasteiger charge is -2.27. The number of hydrogen-bond donors (Lipinski definition) is 0. The van der Waals surface area contributed by atoms with E-state index in [2.05, 4.69) is 0 Å². The van der Waals surface area contributed by atoms with E-state index in [1.165, 1.54) is 0 Å². The highest BCUT2D eigenvalue weighted by Crippen LogP contribution is 2.35. The van der Waals surface area contributed by atoms with Crippen LogP contribution in [-0.2, 0) is 0 Å². The molecule has 0 N–H and O–H groups in total. The smallest absolute Gasteiger partial charge is 0.265 e. The zero-order chi connectivity index (χ0) is 21.5. The third kappa shape index (κ3) is 2.90. The van der Waals surface area contributed by atoms with Crippen molar-refractivity contribution in [3.05, 3.63) is 107 Å². The molecule has 0 saturated carbocycles. The predicted molar refractivity (Wildman–Crippen MR) is 118 cm³/mol. The second-order valence-electron chi connectivity index (χ2n) is 7.23. The van der Waals surface area contributed by atoms with Crippen LogP contribution in [0.2, 0.25) is 0 Å². The second kappa shape index (κ2) is 7.22. The minimum Gasteiger partial charge on any atom is -0.497 e. The maximum Gasteiger partial charge on any atom is 0.265 e. The van der Waals surface area contributed by atoms with E-state index in [0.717, 1.165) is 4.90 Å². The lowest BCUT2D eigenvalue weighted by molar-refractivity contribution is 0.0892. The molecule has 0 saturated heterocycles. The zero-order valence-electron chi connectivity index (χ0n) is 16.7. The van der Waals surface area contributed by atoms with Crippen LogP contribution in [0.15, 0.2) is 84.9 Å². The molecule has 5 rings (SSSR count). The number of carbonyl (C=O) groups is 3. The standard InChI is InChI=1S/C26H17NO4/c1-31-18-12-10-17(11-13-18)27-25(29)21-9-5-8-19-20(14-15-22(23(19)21)26(27)30)24(28)16-6-3-2-4-7-16/h2-15H,1H3. The predicted octanol–water partition coefficient (Wildman–Crippen LogP) is 4.88. The maximum atomic E-state index is 13.3. The Morgan fingerprint density at radius 3 is 2.10 bits per heavy atom. The van der Waals surface area contributed by atoms with Crippen molar-refractivity contribution in [1.82, 2.24) is 0 Å². The molecule has 1 aliphatic heterocycles. The van der Waals surface area contributed by atoms with Gasteiger partial charge in [0.1, 0.15) is 5.75 Å². The van der Waals surface area contributed by atoms with Crippen LogP contribution in [0.25, 0.3) is 10.8 Å². The van der Waals surface area contributed by atoms with Gasteiger partial charge in [-0.25, -0.2) is 4.90 Å². The Morgan fingerprint density at radius 2 is 1.42 bits per heavy atom. The highest BCUT2D eigenvalue weighted by Gasteiger charge is 2.34. The largest absolute Gasteiger partial charge is 0.497 e. The minimum atomic E-state index is -0.419. The zero-order valence-corrected chi connectivity index (χ0v) is 16.7. The number of hydrogen-bond acceptors (Lipinski definition) is 4. The number of ketones is 1. The Labute approximate surface area is 178 Å². The average molecular weight is 407 g/mol. The van der Waals surface area contributed by atoms with Crippen molar-refractivity contribution in [1.29, 1.82) is 0 Å². The van der Waals surface area contributed by atoms with Gasteiger partial charge in [-0.05, 0) is 47.9 Å². The van der Waals surface area contributed by atoms with Gasteiger partial charge in [-0.3, -0.25) is 14.4 Å². The average Bonchev–Trinajstić information content (AvgIpc) is 2.83. The summed E-state index contributed by atoms with van der Waals surface area (Å²) in [5.74, 6) is -0.357. The molecule has 0 atom stereocenters. The summed E-state index contributed by atoms with van der Waals surface area (Å²) in [5, 5.41) is 1.11. The molecule has 31 heavy (non-hydrogen) atoms. The van der Waals surface area contributed by atoms with Crippen LogP contribution >= 0.6 is 0 Å². The summed E-state index contributed by atoms with van der Waals surface area (Å²) in [5.41, 5.74) is 2.26. The summed E-state index contributed by atoms with van der Waals surface area (Å²) in [7, 11) is 1.55. The second-order valence-corrected chi connectivity index (χ2v) is 7.23. The molecule has 1 heterocycles. The Kier molecular flexibility index (Phi) is 4.37. The first kappa shape index (κ1) is 18.8. The third-order valence-corrected chi connectivity index (χ3v) is 5.52. The fourth-order valence-corrected chi connectivity index (χ4v) is 4.01. The molecule has 5 nitrogen and oxygen atoms in total. The first-order valence-corrected chi connectivity index (χ1v) is 9.78. The molecule has 0 aliphatic carbocycles. The van der Waals surface area contributed by atoms with Gasteiger partial charge in [0.2, 0.25) is 0 Å². The number of anilines is 1. The summed E-state index contributed by atoms with van der Waals surface area (Å²) in [6.45, 7) is 0. The van der Waals surface area contributed by atoms with Crippen molar-refractivity contribution in [2.75, 3.05) is 12.0 Å². The highest BCUT2D eigenvalue weighted by molar-refractivity contribution is 6.37. The fourth-order valence-electron chi connectivity index (χ4n) is 4.01. The quantitative estimate of drug-likeness (QED) is 0.357. The van der Waals surface area contributed by atoms with Crippen molar-refractivity contribution < 1.29 is 19.1 Å². The van der Waals surface area contributed by atoms with Crippen molar-refractivity contribution in [2.24, 2.45) is 0 Å². The molecule has 0 spiro atoms. The summed E-state index contributed by atoms with van der Waals surface area (Å²) in [4.78, 5) is 40.9. The fraction of sp³-hybridized carbons (Fsp3) is 0.0385. The molecule has 4 aromatic rings. The number of ether oxygens (including phenoxy) is 1. The van der Waals surface area contributed by atoms with Crippen molar-refractivity contribution in [2.45, 2.75) is 0 Å². The Balaban J connectivity index is 1.67. The molecular formula is C26H17NO4. The number of amides is 2. The van der Waals surface area contributed by atoms with Crippen LogP contribution < -0.4 is 9.64 Å². The van der Waals surface area contributed by atoms with Crippen molar-refractivity contribution in [3.8, 4) is 5.75 Å². The van der Waals surface area contributed by atoms with E-state index in [-0.39, 0.29) is 5.78 Å². The van der Waals surface area contributed by atoms with E-state index < -0.39 is 11.8 Å². The lowest BCUT2D eigenvalue weighted by atomic mass is 9.88.